The van der Waals surface area contributed by atoms with Crippen LogP contribution in [0.3, 0.4) is 0 Å². The van der Waals surface area contributed by atoms with Crippen LogP contribution in [0, 0.1) is 24.6 Å². The predicted octanol–water partition coefficient (Wildman–Crippen LogP) is 6.52. The number of aryl methyl sites for hydroxylation is 1. The van der Waals surface area contributed by atoms with E-state index in [4.69, 9.17) is 9.40 Å². The van der Waals surface area contributed by atoms with Gasteiger partial charge >= 0.3 is 5.63 Å². The number of fused-ring (bicyclic) bond motifs is 1. The zero-order chi connectivity index (χ0) is 22.7. The standard InChI is InChI=1S/C26H22FNO3S2/c1-14-24(26(30,16-4-5-16)17-6-7-17)33-25(28-14)32-19-10-11-20-21(13-23(29)31-22(20)12-19)15-2-8-18(27)9-3-15/h2-3,8-13,16-17,30H,4-7H2,1H3. The van der Waals surface area contributed by atoms with E-state index >= 15 is 0 Å². The summed E-state index contributed by atoms with van der Waals surface area (Å²) in [7, 11) is 0. The molecule has 2 saturated carbocycles. The number of benzene rings is 2. The Kier molecular flexibility index (Phi) is 4.98. The van der Waals surface area contributed by atoms with Crippen molar-refractivity contribution >= 4 is 34.1 Å². The summed E-state index contributed by atoms with van der Waals surface area (Å²) < 4.78 is 19.7. The third-order valence-electron chi connectivity index (χ3n) is 6.62. The second-order valence-electron chi connectivity index (χ2n) is 9.01. The molecule has 0 radical (unpaired) electrons. The Bertz CT molecular complexity index is 1410. The van der Waals surface area contributed by atoms with E-state index < -0.39 is 11.2 Å². The molecule has 2 aromatic carbocycles. The molecule has 2 aliphatic carbocycles. The monoisotopic (exact) mass is 479 g/mol. The highest BCUT2D eigenvalue weighted by molar-refractivity contribution is 8.01. The molecule has 0 unspecified atom stereocenters. The number of halogens is 1. The fraction of sp³-hybridized carbons (Fsp3) is 0.308. The Labute approximate surface area is 198 Å². The van der Waals surface area contributed by atoms with E-state index in [1.807, 2.05) is 25.1 Å². The molecule has 7 heteroatoms. The Balaban J connectivity index is 1.34. The molecule has 0 bridgehead atoms. The van der Waals surface area contributed by atoms with Crippen molar-refractivity contribution in [3.05, 3.63) is 75.3 Å². The Morgan fingerprint density at radius 1 is 1.09 bits per heavy atom. The van der Waals surface area contributed by atoms with E-state index in [9.17, 15) is 14.3 Å². The first-order chi connectivity index (χ1) is 15.9. The zero-order valence-corrected chi connectivity index (χ0v) is 19.6. The van der Waals surface area contributed by atoms with E-state index in [0.717, 1.165) is 56.4 Å². The van der Waals surface area contributed by atoms with Crippen molar-refractivity contribution in [2.24, 2.45) is 11.8 Å². The molecule has 2 heterocycles. The van der Waals surface area contributed by atoms with E-state index in [-0.39, 0.29) is 5.82 Å². The van der Waals surface area contributed by atoms with Gasteiger partial charge in [-0.2, -0.15) is 0 Å². The highest BCUT2D eigenvalue weighted by atomic mass is 32.2. The average molecular weight is 480 g/mol. The fourth-order valence-corrected chi connectivity index (χ4v) is 7.15. The Morgan fingerprint density at radius 3 is 2.45 bits per heavy atom. The summed E-state index contributed by atoms with van der Waals surface area (Å²) in [5, 5.41) is 12.3. The van der Waals surface area contributed by atoms with Gasteiger partial charge in [-0.05, 0) is 85.9 Å². The molecule has 2 aliphatic rings. The van der Waals surface area contributed by atoms with Crippen LogP contribution in [0.4, 0.5) is 4.39 Å². The van der Waals surface area contributed by atoms with E-state index in [1.54, 1.807) is 23.5 Å². The molecule has 2 aromatic heterocycles. The van der Waals surface area contributed by atoms with Gasteiger partial charge in [-0.25, -0.2) is 14.2 Å². The predicted molar refractivity (Wildman–Crippen MR) is 128 cm³/mol. The minimum absolute atomic E-state index is 0.321. The van der Waals surface area contributed by atoms with Crippen LogP contribution in [0.5, 0.6) is 0 Å². The van der Waals surface area contributed by atoms with Crippen LogP contribution >= 0.6 is 23.1 Å². The molecule has 0 amide bonds. The summed E-state index contributed by atoms with van der Waals surface area (Å²) in [6, 6.07) is 13.3. The molecule has 0 spiro atoms. The van der Waals surface area contributed by atoms with Crippen molar-refractivity contribution in [2.45, 2.75) is 47.4 Å². The van der Waals surface area contributed by atoms with Crippen molar-refractivity contribution in [2.75, 3.05) is 0 Å². The van der Waals surface area contributed by atoms with E-state index in [0.29, 0.717) is 23.0 Å². The highest BCUT2D eigenvalue weighted by Crippen LogP contribution is 2.59. The Hall–Kier alpha value is -2.48. The van der Waals surface area contributed by atoms with Gasteiger partial charge in [0, 0.05) is 16.3 Å². The number of hydrogen-bond donors (Lipinski definition) is 1. The van der Waals surface area contributed by atoms with Crippen molar-refractivity contribution in [3.8, 4) is 11.1 Å². The van der Waals surface area contributed by atoms with Crippen LogP contribution in [0.15, 0.2) is 67.0 Å². The SMILES string of the molecule is Cc1nc(Sc2ccc3c(-c4ccc(F)cc4)cc(=O)oc3c2)sc1C(O)(C1CC1)C1CC1. The number of rotatable bonds is 6. The average Bonchev–Trinajstić information content (AvgIpc) is 3.70. The number of thiazole rings is 1. The third-order valence-corrected chi connectivity index (χ3v) is 8.96. The molecular weight excluding hydrogens is 457 g/mol. The maximum Gasteiger partial charge on any atom is 0.336 e. The van der Waals surface area contributed by atoms with Crippen molar-refractivity contribution < 1.29 is 13.9 Å². The minimum Gasteiger partial charge on any atom is -0.423 e. The summed E-state index contributed by atoms with van der Waals surface area (Å²) in [6.07, 6.45) is 4.36. The molecule has 0 atom stereocenters. The normalized spacial score (nSPS) is 16.5. The van der Waals surface area contributed by atoms with Gasteiger partial charge in [0.15, 0.2) is 4.34 Å². The van der Waals surface area contributed by atoms with E-state index in [1.165, 1.54) is 30.0 Å². The maximum atomic E-state index is 13.4. The largest absolute Gasteiger partial charge is 0.423 e. The molecule has 6 rings (SSSR count). The van der Waals surface area contributed by atoms with Crippen LogP contribution in [0.2, 0.25) is 0 Å². The zero-order valence-electron chi connectivity index (χ0n) is 18.0. The second kappa shape index (κ2) is 7.79. The first-order valence-corrected chi connectivity index (χ1v) is 12.8. The quantitative estimate of drug-likeness (QED) is 0.319. The van der Waals surface area contributed by atoms with Crippen LogP contribution in [0.25, 0.3) is 22.1 Å². The van der Waals surface area contributed by atoms with Crippen LogP contribution in [0.1, 0.15) is 36.3 Å². The molecule has 168 valence electrons. The van der Waals surface area contributed by atoms with Gasteiger partial charge in [-0.1, -0.05) is 23.9 Å². The molecule has 0 aliphatic heterocycles. The van der Waals surface area contributed by atoms with Gasteiger partial charge in [0.1, 0.15) is 17.0 Å². The van der Waals surface area contributed by atoms with Crippen molar-refractivity contribution in [1.29, 1.82) is 0 Å². The molecule has 33 heavy (non-hydrogen) atoms. The van der Waals surface area contributed by atoms with Gasteiger partial charge < -0.3 is 9.52 Å². The first kappa shape index (κ1) is 21.1. The molecule has 1 N–H and O–H groups in total. The first-order valence-electron chi connectivity index (χ1n) is 11.1. The topological polar surface area (TPSA) is 63.3 Å². The van der Waals surface area contributed by atoms with E-state index in [2.05, 4.69) is 0 Å². The van der Waals surface area contributed by atoms with Gasteiger partial charge in [-0.3, -0.25) is 0 Å². The summed E-state index contributed by atoms with van der Waals surface area (Å²) in [5.41, 5.74) is 1.69. The lowest BCUT2D eigenvalue weighted by Crippen LogP contribution is -2.30. The third kappa shape index (κ3) is 3.82. The van der Waals surface area contributed by atoms with Crippen molar-refractivity contribution in [3.63, 3.8) is 0 Å². The minimum atomic E-state index is -0.721. The molecule has 0 saturated heterocycles. The number of aliphatic hydroxyl groups is 1. The number of nitrogens with zero attached hydrogens (tertiary/aromatic N) is 1. The lowest BCUT2D eigenvalue weighted by Gasteiger charge is -2.27. The van der Waals surface area contributed by atoms with Crippen molar-refractivity contribution in [1.82, 2.24) is 4.98 Å². The van der Waals surface area contributed by atoms with Crippen LogP contribution in [-0.4, -0.2) is 10.1 Å². The van der Waals surface area contributed by atoms with Gasteiger partial charge in [-0.15, -0.1) is 11.3 Å². The number of aromatic nitrogens is 1. The molecule has 4 aromatic rings. The lowest BCUT2D eigenvalue weighted by molar-refractivity contribution is -0.00737. The fourth-order valence-electron chi connectivity index (χ4n) is 4.71. The summed E-state index contributed by atoms with van der Waals surface area (Å²) in [6.45, 7) is 1.99. The summed E-state index contributed by atoms with van der Waals surface area (Å²) >= 11 is 3.09. The molecule has 4 nitrogen and oxygen atoms in total. The smallest absolute Gasteiger partial charge is 0.336 e. The van der Waals surface area contributed by atoms with Gasteiger partial charge in [0.2, 0.25) is 0 Å². The number of hydrogen-bond acceptors (Lipinski definition) is 6. The second-order valence-corrected chi connectivity index (χ2v) is 11.3. The van der Waals surface area contributed by atoms with Crippen LogP contribution < -0.4 is 5.63 Å². The lowest BCUT2D eigenvalue weighted by atomic mass is 9.89. The maximum absolute atomic E-state index is 13.4. The van der Waals surface area contributed by atoms with Gasteiger partial charge in [0.05, 0.1) is 10.6 Å². The molecular formula is C26H22FNO3S2. The summed E-state index contributed by atoms with van der Waals surface area (Å²) in [5.74, 6) is 0.404. The summed E-state index contributed by atoms with van der Waals surface area (Å²) in [4.78, 5) is 18.9. The van der Waals surface area contributed by atoms with Gasteiger partial charge in [0.25, 0.3) is 0 Å². The highest BCUT2D eigenvalue weighted by Gasteiger charge is 2.55. The molecule has 2 fully saturated rings. The Morgan fingerprint density at radius 2 is 1.79 bits per heavy atom. The van der Waals surface area contributed by atoms with Crippen LogP contribution in [-0.2, 0) is 5.60 Å².